The lowest BCUT2D eigenvalue weighted by molar-refractivity contribution is -0.124. The third kappa shape index (κ3) is 3.16. The normalized spacial score (nSPS) is 12.4. The summed E-state index contributed by atoms with van der Waals surface area (Å²) in [6.07, 6.45) is 3.03. The lowest BCUT2D eigenvalue weighted by atomic mass is 10.1. The van der Waals surface area contributed by atoms with Gasteiger partial charge in [0.2, 0.25) is 5.91 Å². The number of nitrogens with one attached hydrogen (secondary N) is 2. The summed E-state index contributed by atoms with van der Waals surface area (Å²) < 4.78 is 0. The van der Waals surface area contributed by atoms with Crippen molar-refractivity contribution in [3.8, 4) is 0 Å². The van der Waals surface area contributed by atoms with Crippen LogP contribution < -0.4 is 5.32 Å². The van der Waals surface area contributed by atoms with Crippen molar-refractivity contribution in [1.82, 2.24) is 20.5 Å². The van der Waals surface area contributed by atoms with Crippen LogP contribution in [0.1, 0.15) is 26.1 Å². The number of amides is 1. The first-order valence-electron chi connectivity index (χ1n) is 4.86. The number of aromatic nitrogens is 3. The summed E-state index contributed by atoms with van der Waals surface area (Å²) in [5, 5.41) is 9.31. The fourth-order valence-electron chi connectivity index (χ4n) is 1.01. The van der Waals surface area contributed by atoms with Gasteiger partial charge in [0.15, 0.2) is 0 Å². The molecular formula is C9H16N4O. The topological polar surface area (TPSA) is 70.7 Å². The fourth-order valence-corrected chi connectivity index (χ4v) is 1.01. The molecule has 0 aliphatic heterocycles. The van der Waals surface area contributed by atoms with Gasteiger partial charge in [0.25, 0.3) is 0 Å². The van der Waals surface area contributed by atoms with E-state index in [4.69, 9.17) is 0 Å². The maximum atomic E-state index is 11.3. The number of H-pyrrole nitrogens is 1. The molecule has 0 saturated heterocycles. The van der Waals surface area contributed by atoms with E-state index >= 15 is 0 Å². The van der Waals surface area contributed by atoms with E-state index in [0.29, 0.717) is 13.0 Å². The second-order valence-corrected chi connectivity index (χ2v) is 3.28. The zero-order valence-electron chi connectivity index (χ0n) is 8.58. The highest BCUT2D eigenvalue weighted by Crippen LogP contribution is 1.99. The quantitative estimate of drug-likeness (QED) is 0.720. The molecule has 5 nitrogen and oxygen atoms in total. The third-order valence-corrected chi connectivity index (χ3v) is 2.19. The molecule has 0 bridgehead atoms. The van der Waals surface area contributed by atoms with Gasteiger partial charge in [-0.05, 0) is 6.42 Å². The molecule has 0 aliphatic carbocycles. The molecule has 0 aliphatic rings. The number of carbonyl (C=O) groups excluding carboxylic acids is 1. The largest absolute Gasteiger partial charge is 0.355 e. The zero-order valence-corrected chi connectivity index (χ0v) is 8.58. The van der Waals surface area contributed by atoms with Crippen molar-refractivity contribution in [3.05, 3.63) is 12.2 Å². The summed E-state index contributed by atoms with van der Waals surface area (Å²) in [5.41, 5.74) is 0. The SMILES string of the molecule is CCC(C)C(=O)NCCc1ncn[nH]1. The Hall–Kier alpha value is -1.39. The molecule has 0 aromatic carbocycles. The number of carbonyl (C=O) groups is 1. The van der Waals surface area contributed by atoms with E-state index in [0.717, 1.165) is 12.2 Å². The van der Waals surface area contributed by atoms with Gasteiger partial charge >= 0.3 is 0 Å². The Bertz CT molecular complexity index is 270. The minimum absolute atomic E-state index is 0.0877. The van der Waals surface area contributed by atoms with Crippen LogP contribution in [0.15, 0.2) is 6.33 Å². The molecule has 1 amide bonds. The number of nitrogens with zero attached hydrogens (tertiary/aromatic N) is 2. The monoisotopic (exact) mass is 196 g/mol. The highest BCUT2D eigenvalue weighted by Gasteiger charge is 2.09. The van der Waals surface area contributed by atoms with Crippen LogP contribution >= 0.6 is 0 Å². The minimum atomic E-state index is 0.0877. The van der Waals surface area contributed by atoms with E-state index in [9.17, 15) is 4.79 Å². The lowest BCUT2D eigenvalue weighted by Gasteiger charge is -2.08. The molecule has 0 radical (unpaired) electrons. The van der Waals surface area contributed by atoms with Crippen LogP contribution in [0, 0.1) is 5.92 Å². The van der Waals surface area contributed by atoms with Crippen LogP contribution in [0.5, 0.6) is 0 Å². The Morgan fingerprint density at radius 1 is 1.71 bits per heavy atom. The van der Waals surface area contributed by atoms with E-state index in [1.165, 1.54) is 6.33 Å². The molecule has 1 aromatic rings. The van der Waals surface area contributed by atoms with Crippen LogP contribution in [0.3, 0.4) is 0 Å². The molecule has 1 heterocycles. The molecule has 1 unspecified atom stereocenters. The number of hydrogen-bond acceptors (Lipinski definition) is 3. The van der Waals surface area contributed by atoms with Gasteiger partial charge in [-0.1, -0.05) is 13.8 Å². The van der Waals surface area contributed by atoms with Gasteiger partial charge < -0.3 is 5.32 Å². The summed E-state index contributed by atoms with van der Waals surface area (Å²) in [4.78, 5) is 15.3. The minimum Gasteiger partial charge on any atom is -0.355 e. The van der Waals surface area contributed by atoms with Crippen molar-refractivity contribution < 1.29 is 4.79 Å². The smallest absolute Gasteiger partial charge is 0.222 e. The predicted molar refractivity (Wildman–Crippen MR) is 52.6 cm³/mol. The first-order chi connectivity index (χ1) is 6.74. The molecule has 5 heteroatoms. The van der Waals surface area contributed by atoms with E-state index in [2.05, 4.69) is 20.5 Å². The van der Waals surface area contributed by atoms with E-state index in [-0.39, 0.29) is 11.8 Å². The first kappa shape index (κ1) is 10.7. The highest BCUT2D eigenvalue weighted by atomic mass is 16.1. The van der Waals surface area contributed by atoms with E-state index in [1.54, 1.807) is 0 Å². The van der Waals surface area contributed by atoms with Crippen molar-refractivity contribution in [3.63, 3.8) is 0 Å². The van der Waals surface area contributed by atoms with Crippen LogP contribution in [-0.2, 0) is 11.2 Å². The summed E-state index contributed by atoms with van der Waals surface area (Å²) in [6.45, 7) is 4.53. The summed E-state index contributed by atoms with van der Waals surface area (Å²) >= 11 is 0. The Kier molecular flexibility index (Phi) is 4.10. The van der Waals surface area contributed by atoms with Crippen molar-refractivity contribution >= 4 is 5.91 Å². The highest BCUT2D eigenvalue weighted by molar-refractivity contribution is 5.78. The molecule has 14 heavy (non-hydrogen) atoms. The second-order valence-electron chi connectivity index (χ2n) is 3.28. The average molecular weight is 196 g/mol. The third-order valence-electron chi connectivity index (χ3n) is 2.19. The number of aromatic amines is 1. The Morgan fingerprint density at radius 2 is 2.50 bits per heavy atom. The predicted octanol–water partition coefficient (Wildman–Crippen LogP) is 0.509. The average Bonchev–Trinajstić information content (AvgIpc) is 2.69. The molecule has 0 saturated carbocycles. The van der Waals surface area contributed by atoms with Gasteiger partial charge in [0.05, 0.1) is 0 Å². The van der Waals surface area contributed by atoms with Gasteiger partial charge in [-0.2, -0.15) is 5.10 Å². The molecule has 0 spiro atoms. The maximum Gasteiger partial charge on any atom is 0.222 e. The summed E-state index contributed by atoms with van der Waals surface area (Å²) in [6, 6.07) is 0. The van der Waals surface area contributed by atoms with Crippen LogP contribution in [0.2, 0.25) is 0 Å². The molecule has 1 atom stereocenters. The molecular weight excluding hydrogens is 180 g/mol. The first-order valence-corrected chi connectivity index (χ1v) is 4.86. The van der Waals surface area contributed by atoms with Crippen LogP contribution in [-0.4, -0.2) is 27.6 Å². The molecule has 2 N–H and O–H groups in total. The van der Waals surface area contributed by atoms with Gasteiger partial charge in [-0.25, -0.2) is 4.98 Å². The van der Waals surface area contributed by atoms with Gasteiger partial charge in [0, 0.05) is 18.9 Å². The number of hydrogen-bond donors (Lipinski definition) is 2. The van der Waals surface area contributed by atoms with E-state index in [1.807, 2.05) is 13.8 Å². The summed E-state index contributed by atoms with van der Waals surface area (Å²) in [5.74, 6) is 0.992. The fraction of sp³-hybridized carbons (Fsp3) is 0.667. The maximum absolute atomic E-state index is 11.3. The van der Waals surface area contributed by atoms with Crippen LogP contribution in [0.25, 0.3) is 0 Å². The Morgan fingerprint density at radius 3 is 3.07 bits per heavy atom. The standard InChI is InChI=1S/C9H16N4O/c1-3-7(2)9(14)10-5-4-8-11-6-12-13-8/h6-7H,3-5H2,1-2H3,(H,10,14)(H,11,12,13). The van der Waals surface area contributed by atoms with Crippen molar-refractivity contribution in [2.75, 3.05) is 6.54 Å². The molecule has 78 valence electrons. The molecule has 0 fully saturated rings. The molecule has 1 rings (SSSR count). The van der Waals surface area contributed by atoms with Crippen molar-refractivity contribution in [2.24, 2.45) is 5.92 Å². The van der Waals surface area contributed by atoms with Gasteiger partial charge in [-0.15, -0.1) is 0 Å². The number of rotatable bonds is 5. The van der Waals surface area contributed by atoms with Gasteiger partial charge in [-0.3, -0.25) is 9.89 Å². The van der Waals surface area contributed by atoms with Gasteiger partial charge in [0.1, 0.15) is 12.2 Å². The van der Waals surface area contributed by atoms with E-state index < -0.39 is 0 Å². The Labute approximate surface area is 83.3 Å². The summed E-state index contributed by atoms with van der Waals surface area (Å²) in [7, 11) is 0. The van der Waals surface area contributed by atoms with Crippen LogP contribution in [0.4, 0.5) is 0 Å². The second kappa shape index (κ2) is 5.36. The zero-order chi connectivity index (χ0) is 10.4. The Balaban J connectivity index is 2.18. The van der Waals surface area contributed by atoms with Crippen molar-refractivity contribution in [1.29, 1.82) is 0 Å². The van der Waals surface area contributed by atoms with Crippen molar-refractivity contribution in [2.45, 2.75) is 26.7 Å². The lowest BCUT2D eigenvalue weighted by Crippen LogP contribution is -2.30. The molecule has 1 aromatic heterocycles.